The smallest absolute Gasteiger partial charge is 0.233 e. The van der Waals surface area contributed by atoms with Crippen LogP contribution >= 0.6 is 11.6 Å². The Hall–Kier alpha value is -1.63. The fraction of sp³-hybridized carbons (Fsp3) is 0.556. The second-order valence-corrected chi connectivity index (χ2v) is 6.81. The zero-order valence-electron chi connectivity index (χ0n) is 14.6. The Morgan fingerprint density at radius 3 is 2.84 bits per heavy atom. The molecule has 1 atom stereocenters. The highest BCUT2D eigenvalue weighted by Gasteiger charge is 2.21. The summed E-state index contributed by atoms with van der Waals surface area (Å²) < 4.78 is 0. The molecule has 138 valence electrons. The molecule has 6 nitrogen and oxygen atoms in total. The molecule has 2 amide bonds. The molecule has 1 heterocycles. The van der Waals surface area contributed by atoms with Gasteiger partial charge in [-0.3, -0.25) is 14.5 Å². The number of anilines is 1. The summed E-state index contributed by atoms with van der Waals surface area (Å²) in [5.74, 6) is -0.683. The van der Waals surface area contributed by atoms with Crippen LogP contribution in [-0.2, 0) is 9.59 Å². The van der Waals surface area contributed by atoms with E-state index in [-0.39, 0.29) is 30.9 Å². The van der Waals surface area contributed by atoms with Crippen molar-refractivity contribution < 1.29 is 14.7 Å². The molecule has 25 heavy (non-hydrogen) atoms. The summed E-state index contributed by atoms with van der Waals surface area (Å²) in [6, 6.07) is 5.41. The summed E-state index contributed by atoms with van der Waals surface area (Å²) in [4.78, 5) is 26.0. The zero-order chi connectivity index (χ0) is 18.2. The third-order valence-electron chi connectivity index (χ3n) is 4.46. The van der Waals surface area contributed by atoms with Gasteiger partial charge in [0.05, 0.1) is 6.61 Å². The van der Waals surface area contributed by atoms with Crippen molar-refractivity contribution in [1.82, 2.24) is 10.2 Å². The van der Waals surface area contributed by atoms with Gasteiger partial charge in [-0.25, -0.2) is 0 Å². The monoisotopic (exact) mass is 367 g/mol. The predicted octanol–water partition coefficient (Wildman–Crippen LogP) is 1.94. The van der Waals surface area contributed by atoms with Gasteiger partial charge in [0.2, 0.25) is 11.8 Å². The predicted molar refractivity (Wildman–Crippen MR) is 98.7 cm³/mol. The molecule has 0 spiro atoms. The normalized spacial score (nSPS) is 18.0. The van der Waals surface area contributed by atoms with Crippen LogP contribution in [0.5, 0.6) is 0 Å². The first-order valence-corrected chi connectivity index (χ1v) is 9.05. The first-order valence-electron chi connectivity index (χ1n) is 8.67. The number of carbonyl (C=O) groups is 2. The van der Waals surface area contributed by atoms with E-state index < -0.39 is 0 Å². The molecule has 1 saturated heterocycles. The van der Waals surface area contributed by atoms with Crippen LogP contribution in [0.4, 0.5) is 5.69 Å². The van der Waals surface area contributed by atoms with E-state index in [2.05, 4.69) is 15.5 Å². The van der Waals surface area contributed by atoms with E-state index in [1.165, 1.54) is 0 Å². The topological polar surface area (TPSA) is 81.7 Å². The van der Waals surface area contributed by atoms with E-state index >= 15 is 0 Å². The summed E-state index contributed by atoms with van der Waals surface area (Å²) in [6.45, 7) is 4.13. The molecule has 7 heteroatoms. The standard InChI is InChI=1S/C18H26ClN3O3/c1-13-5-6-14(10-16(13)19)21-18(25)11-17(24)20-7-9-22-8-3-2-4-15(22)12-23/h5-6,10,15,23H,2-4,7-9,11-12H2,1H3,(H,20,24)(H,21,25)/t15-/m0/s1. The average Bonchev–Trinajstić information content (AvgIpc) is 2.58. The number of likely N-dealkylation sites (tertiary alicyclic amines) is 1. The molecule has 1 aliphatic heterocycles. The van der Waals surface area contributed by atoms with Crippen LogP contribution in [0, 0.1) is 6.92 Å². The van der Waals surface area contributed by atoms with E-state index in [4.69, 9.17) is 11.6 Å². The fourth-order valence-electron chi connectivity index (χ4n) is 2.98. The molecule has 1 aliphatic rings. The summed E-state index contributed by atoms with van der Waals surface area (Å²) >= 11 is 6.02. The Kier molecular flexibility index (Phi) is 7.68. The van der Waals surface area contributed by atoms with Gasteiger partial charge in [0.1, 0.15) is 6.42 Å². The van der Waals surface area contributed by atoms with Crippen molar-refractivity contribution in [3.05, 3.63) is 28.8 Å². The number of aliphatic hydroxyl groups excluding tert-OH is 1. The van der Waals surface area contributed by atoms with Crippen molar-refractivity contribution in [3.63, 3.8) is 0 Å². The van der Waals surface area contributed by atoms with Gasteiger partial charge in [0.15, 0.2) is 0 Å². The number of nitrogens with one attached hydrogen (secondary N) is 2. The Morgan fingerprint density at radius 2 is 2.12 bits per heavy atom. The lowest BCUT2D eigenvalue weighted by Gasteiger charge is -2.34. The van der Waals surface area contributed by atoms with E-state index in [1.54, 1.807) is 12.1 Å². The molecule has 1 aromatic carbocycles. The minimum atomic E-state index is -0.372. The van der Waals surface area contributed by atoms with Crippen molar-refractivity contribution in [1.29, 1.82) is 0 Å². The number of halogens is 1. The van der Waals surface area contributed by atoms with Gasteiger partial charge in [0, 0.05) is 29.8 Å². The Labute approximate surface area is 153 Å². The number of nitrogens with zero attached hydrogens (tertiary/aromatic N) is 1. The van der Waals surface area contributed by atoms with E-state index in [1.807, 2.05) is 13.0 Å². The van der Waals surface area contributed by atoms with Crippen LogP contribution in [-0.4, -0.2) is 54.1 Å². The van der Waals surface area contributed by atoms with Crippen LogP contribution in [0.3, 0.4) is 0 Å². The number of hydrogen-bond donors (Lipinski definition) is 3. The van der Waals surface area contributed by atoms with E-state index in [0.717, 1.165) is 31.4 Å². The largest absolute Gasteiger partial charge is 0.395 e. The molecular weight excluding hydrogens is 342 g/mol. The number of amides is 2. The molecule has 0 bridgehead atoms. The third-order valence-corrected chi connectivity index (χ3v) is 4.86. The minimum absolute atomic E-state index is 0.148. The molecule has 0 aliphatic carbocycles. The number of aliphatic hydroxyl groups is 1. The van der Waals surface area contributed by atoms with Crippen LogP contribution in [0.15, 0.2) is 18.2 Å². The molecule has 0 aromatic heterocycles. The summed E-state index contributed by atoms with van der Waals surface area (Å²) in [5.41, 5.74) is 1.50. The number of rotatable bonds is 7. The van der Waals surface area contributed by atoms with Crippen molar-refractivity contribution in [2.24, 2.45) is 0 Å². The second-order valence-electron chi connectivity index (χ2n) is 6.41. The summed E-state index contributed by atoms with van der Waals surface area (Å²) in [7, 11) is 0. The second kappa shape index (κ2) is 9.75. The molecule has 2 rings (SSSR count). The fourth-order valence-corrected chi connectivity index (χ4v) is 3.16. The number of aryl methyl sites for hydroxylation is 1. The maximum absolute atomic E-state index is 11.9. The molecule has 1 fully saturated rings. The average molecular weight is 368 g/mol. The Morgan fingerprint density at radius 1 is 1.32 bits per heavy atom. The van der Waals surface area contributed by atoms with Crippen molar-refractivity contribution in [2.45, 2.75) is 38.6 Å². The Bertz CT molecular complexity index is 609. The lowest BCUT2D eigenvalue weighted by atomic mass is 10.0. The SMILES string of the molecule is Cc1ccc(NC(=O)CC(=O)NCCN2CCCC[C@H]2CO)cc1Cl. The molecule has 0 saturated carbocycles. The first-order chi connectivity index (χ1) is 12.0. The zero-order valence-corrected chi connectivity index (χ0v) is 15.3. The first kappa shape index (κ1) is 19.7. The van der Waals surface area contributed by atoms with Crippen molar-refractivity contribution in [3.8, 4) is 0 Å². The molecule has 3 N–H and O–H groups in total. The maximum atomic E-state index is 11.9. The number of hydrogen-bond acceptors (Lipinski definition) is 4. The van der Waals surface area contributed by atoms with Gasteiger partial charge < -0.3 is 15.7 Å². The van der Waals surface area contributed by atoms with Gasteiger partial charge in [-0.15, -0.1) is 0 Å². The number of piperidine rings is 1. The Balaban J connectivity index is 1.70. The van der Waals surface area contributed by atoms with Gasteiger partial charge in [-0.2, -0.15) is 0 Å². The van der Waals surface area contributed by atoms with Crippen molar-refractivity contribution >= 4 is 29.1 Å². The van der Waals surface area contributed by atoms with Crippen molar-refractivity contribution in [2.75, 3.05) is 31.6 Å². The van der Waals surface area contributed by atoms with Crippen LogP contribution < -0.4 is 10.6 Å². The maximum Gasteiger partial charge on any atom is 0.233 e. The van der Waals surface area contributed by atoms with Crippen LogP contribution in [0.1, 0.15) is 31.2 Å². The van der Waals surface area contributed by atoms with Gasteiger partial charge >= 0.3 is 0 Å². The highest BCUT2D eigenvalue weighted by Crippen LogP contribution is 2.20. The highest BCUT2D eigenvalue weighted by molar-refractivity contribution is 6.31. The van der Waals surface area contributed by atoms with Gasteiger partial charge in [0.25, 0.3) is 0 Å². The molecular formula is C18H26ClN3O3. The van der Waals surface area contributed by atoms with E-state index in [0.29, 0.717) is 23.8 Å². The lowest BCUT2D eigenvalue weighted by molar-refractivity contribution is -0.126. The van der Waals surface area contributed by atoms with Crippen LogP contribution in [0.25, 0.3) is 0 Å². The van der Waals surface area contributed by atoms with E-state index in [9.17, 15) is 14.7 Å². The molecule has 0 unspecified atom stereocenters. The molecule has 1 aromatic rings. The lowest BCUT2D eigenvalue weighted by Crippen LogP contribution is -2.45. The summed E-state index contributed by atoms with van der Waals surface area (Å²) in [6.07, 6.45) is 3.02. The molecule has 0 radical (unpaired) electrons. The highest BCUT2D eigenvalue weighted by atomic mass is 35.5. The van der Waals surface area contributed by atoms with Gasteiger partial charge in [-0.05, 0) is 44.0 Å². The number of carbonyl (C=O) groups excluding carboxylic acids is 2. The number of benzene rings is 1. The summed E-state index contributed by atoms with van der Waals surface area (Å²) in [5, 5.41) is 15.4. The van der Waals surface area contributed by atoms with Gasteiger partial charge in [-0.1, -0.05) is 24.1 Å². The van der Waals surface area contributed by atoms with Crippen LogP contribution in [0.2, 0.25) is 5.02 Å². The minimum Gasteiger partial charge on any atom is -0.395 e. The third kappa shape index (κ3) is 6.30. The quantitative estimate of drug-likeness (QED) is 0.643.